The molecule has 0 saturated heterocycles. The normalized spacial score (nSPS) is 16.4. The van der Waals surface area contributed by atoms with Gasteiger partial charge in [0.1, 0.15) is 0 Å². The van der Waals surface area contributed by atoms with Crippen molar-refractivity contribution in [2.75, 3.05) is 17.4 Å². The number of aryl methyl sites for hydroxylation is 1. The smallest absolute Gasteiger partial charge is 0.0586 e. The van der Waals surface area contributed by atoms with Crippen molar-refractivity contribution in [1.82, 2.24) is 0 Å². The van der Waals surface area contributed by atoms with Gasteiger partial charge in [0.05, 0.1) is 11.4 Å². The standard InChI is InChI=1S/C21H21NS/c1-16-12-14-17(15-13-16)22-18-8-4-6-10-20(18)23(2,3)21-11-7-5-9-19(21)22/h4-15H,1-3H3. The summed E-state index contributed by atoms with van der Waals surface area (Å²) < 4.78 is 0. The lowest BCUT2D eigenvalue weighted by atomic mass is 10.1. The van der Waals surface area contributed by atoms with E-state index in [0.717, 1.165) is 0 Å². The zero-order valence-corrected chi connectivity index (χ0v) is 14.6. The Kier molecular flexibility index (Phi) is 3.24. The van der Waals surface area contributed by atoms with Crippen LogP contribution in [0.15, 0.2) is 82.6 Å². The molecular formula is C21H21NS. The molecule has 2 heteroatoms. The Bertz CT molecular complexity index is 816. The second-order valence-corrected chi connectivity index (χ2v) is 9.97. The number of anilines is 3. The van der Waals surface area contributed by atoms with Crippen LogP contribution in [-0.2, 0) is 0 Å². The number of rotatable bonds is 1. The predicted octanol–water partition coefficient (Wildman–Crippen LogP) is 6.26. The molecular weight excluding hydrogens is 298 g/mol. The van der Waals surface area contributed by atoms with Gasteiger partial charge in [-0.3, -0.25) is 0 Å². The third-order valence-corrected chi connectivity index (χ3v) is 7.49. The molecule has 0 saturated carbocycles. The average Bonchev–Trinajstić information content (AvgIpc) is 2.57. The number of nitrogens with zero attached hydrogens (tertiary/aromatic N) is 1. The molecule has 0 fully saturated rings. The van der Waals surface area contributed by atoms with E-state index in [4.69, 9.17) is 0 Å². The van der Waals surface area contributed by atoms with Gasteiger partial charge in [0, 0.05) is 15.5 Å². The Morgan fingerprint density at radius 3 is 1.65 bits per heavy atom. The molecule has 0 bridgehead atoms. The number of para-hydroxylation sites is 2. The van der Waals surface area contributed by atoms with Crippen LogP contribution in [0.4, 0.5) is 17.1 Å². The monoisotopic (exact) mass is 319 g/mol. The van der Waals surface area contributed by atoms with Crippen molar-refractivity contribution >= 4 is 27.1 Å². The molecule has 0 radical (unpaired) electrons. The van der Waals surface area contributed by atoms with Crippen molar-refractivity contribution in [2.45, 2.75) is 16.7 Å². The summed E-state index contributed by atoms with van der Waals surface area (Å²) in [5.41, 5.74) is 5.15. The van der Waals surface area contributed by atoms with Crippen LogP contribution < -0.4 is 4.90 Å². The maximum atomic E-state index is 2.41. The lowest BCUT2D eigenvalue weighted by molar-refractivity contribution is 1.15. The maximum absolute atomic E-state index is 2.41. The number of hydrogen-bond acceptors (Lipinski definition) is 1. The fourth-order valence-electron chi connectivity index (χ4n) is 3.37. The summed E-state index contributed by atoms with van der Waals surface area (Å²) >= 11 is 0. The van der Waals surface area contributed by atoms with Gasteiger partial charge in [-0.15, -0.1) is 0 Å². The molecule has 3 aromatic carbocycles. The van der Waals surface area contributed by atoms with Gasteiger partial charge >= 0.3 is 0 Å². The zero-order valence-electron chi connectivity index (χ0n) is 13.8. The van der Waals surface area contributed by atoms with Crippen molar-refractivity contribution in [1.29, 1.82) is 0 Å². The summed E-state index contributed by atoms with van der Waals surface area (Å²) in [6, 6.07) is 26.5. The maximum Gasteiger partial charge on any atom is 0.0586 e. The third kappa shape index (κ3) is 2.17. The van der Waals surface area contributed by atoms with Crippen LogP contribution >= 0.6 is 10.0 Å². The summed E-state index contributed by atoms with van der Waals surface area (Å²) in [4.78, 5) is 5.32. The summed E-state index contributed by atoms with van der Waals surface area (Å²) in [6.07, 6.45) is 4.80. The van der Waals surface area contributed by atoms with Crippen LogP contribution in [0.3, 0.4) is 0 Å². The first-order valence-corrected chi connectivity index (χ1v) is 10.3. The highest BCUT2D eigenvalue weighted by molar-refractivity contribution is 8.33. The van der Waals surface area contributed by atoms with Gasteiger partial charge in [0.25, 0.3) is 0 Å². The Morgan fingerprint density at radius 2 is 1.13 bits per heavy atom. The van der Waals surface area contributed by atoms with E-state index in [1.54, 1.807) is 0 Å². The lowest BCUT2D eigenvalue weighted by Crippen LogP contribution is -2.19. The van der Waals surface area contributed by atoms with E-state index in [1.807, 2.05) is 0 Å². The molecule has 0 aliphatic carbocycles. The van der Waals surface area contributed by atoms with Gasteiger partial charge in [-0.05, 0) is 55.8 Å². The summed E-state index contributed by atoms with van der Waals surface area (Å²) in [7, 11) is -0.992. The van der Waals surface area contributed by atoms with Crippen LogP contribution in [0, 0.1) is 6.92 Å². The Balaban J connectivity index is 2.02. The Hall–Kier alpha value is -2.19. The minimum Gasteiger partial charge on any atom is -0.308 e. The highest BCUT2D eigenvalue weighted by atomic mass is 32.3. The molecule has 0 atom stereocenters. The van der Waals surface area contributed by atoms with Crippen molar-refractivity contribution in [3.8, 4) is 0 Å². The van der Waals surface area contributed by atoms with Gasteiger partial charge in [-0.25, -0.2) is 0 Å². The zero-order chi connectivity index (χ0) is 16.0. The molecule has 0 unspecified atom stereocenters. The molecule has 1 aliphatic heterocycles. The topological polar surface area (TPSA) is 3.24 Å². The van der Waals surface area contributed by atoms with E-state index in [1.165, 1.54) is 32.4 Å². The van der Waals surface area contributed by atoms with Crippen LogP contribution in [-0.4, -0.2) is 12.5 Å². The molecule has 4 rings (SSSR count). The fraction of sp³-hybridized carbons (Fsp3) is 0.143. The van der Waals surface area contributed by atoms with Gasteiger partial charge in [-0.1, -0.05) is 42.0 Å². The third-order valence-electron chi connectivity index (χ3n) is 4.60. The lowest BCUT2D eigenvalue weighted by Gasteiger charge is -2.45. The van der Waals surface area contributed by atoms with Gasteiger partial charge in [-0.2, -0.15) is 10.0 Å². The SMILES string of the molecule is Cc1ccc(N2c3ccccc3S(C)(C)c3ccccc32)cc1. The highest BCUT2D eigenvalue weighted by Gasteiger charge is 2.33. The van der Waals surface area contributed by atoms with E-state index in [0.29, 0.717) is 0 Å². The minimum absolute atomic E-state index is 0.992. The van der Waals surface area contributed by atoms with Gasteiger partial charge < -0.3 is 4.90 Å². The molecule has 0 spiro atoms. The molecule has 0 amide bonds. The average molecular weight is 319 g/mol. The molecule has 1 heterocycles. The molecule has 1 nitrogen and oxygen atoms in total. The second-order valence-electron chi connectivity index (χ2n) is 6.43. The first kappa shape index (κ1) is 14.4. The van der Waals surface area contributed by atoms with E-state index in [9.17, 15) is 0 Å². The van der Waals surface area contributed by atoms with E-state index < -0.39 is 10.0 Å². The first-order valence-electron chi connectivity index (χ1n) is 7.87. The van der Waals surface area contributed by atoms with Crippen LogP contribution in [0.5, 0.6) is 0 Å². The van der Waals surface area contributed by atoms with Gasteiger partial charge in [0.2, 0.25) is 0 Å². The highest BCUT2D eigenvalue weighted by Crippen LogP contribution is 2.67. The van der Waals surface area contributed by atoms with Crippen LogP contribution in [0.1, 0.15) is 5.56 Å². The van der Waals surface area contributed by atoms with Crippen molar-refractivity contribution in [3.05, 3.63) is 78.4 Å². The summed E-state index contributed by atoms with van der Waals surface area (Å²) in [5.74, 6) is 0. The van der Waals surface area contributed by atoms with Gasteiger partial charge in [0.15, 0.2) is 0 Å². The predicted molar refractivity (Wildman–Crippen MR) is 102 cm³/mol. The van der Waals surface area contributed by atoms with E-state index >= 15 is 0 Å². The quantitative estimate of drug-likeness (QED) is 0.511. The van der Waals surface area contributed by atoms with E-state index in [2.05, 4.69) is 97.1 Å². The molecule has 3 aromatic rings. The van der Waals surface area contributed by atoms with Crippen LogP contribution in [0.25, 0.3) is 0 Å². The Labute approximate surface area is 139 Å². The fourth-order valence-corrected chi connectivity index (χ4v) is 5.81. The van der Waals surface area contributed by atoms with Crippen molar-refractivity contribution in [3.63, 3.8) is 0 Å². The van der Waals surface area contributed by atoms with E-state index in [-0.39, 0.29) is 0 Å². The molecule has 0 aromatic heterocycles. The number of benzene rings is 3. The second kappa shape index (κ2) is 5.17. The number of fused-ring (bicyclic) bond motifs is 2. The minimum atomic E-state index is -0.992. The van der Waals surface area contributed by atoms with Crippen LogP contribution in [0.2, 0.25) is 0 Å². The molecule has 1 aliphatic rings. The summed E-state index contributed by atoms with van der Waals surface area (Å²) in [5, 5.41) is 0. The largest absolute Gasteiger partial charge is 0.308 e. The molecule has 116 valence electrons. The number of hydrogen-bond donors (Lipinski definition) is 0. The first-order chi connectivity index (χ1) is 11.1. The molecule has 0 N–H and O–H groups in total. The Morgan fingerprint density at radius 1 is 0.652 bits per heavy atom. The van der Waals surface area contributed by atoms with Crippen molar-refractivity contribution < 1.29 is 0 Å². The summed E-state index contributed by atoms with van der Waals surface area (Å²) in [6.45, 7) is 2.13. The molecule has 23 heavy (non-hydrogen) atoms. The van der Waals surface area contributed by atoms with Crippen molar-refractivity contribution in [2.24, 2.45) is 0 Å².